The first-order chi connectivity index (χ1) is 9.17. The molecule has 0 spiro atoms. The summed E-state index contributed by atoms with van der Waals surface area (Å²) in [5.74, 6) is 0.354. The Balaban J connectivity index is 1.97. The number of unbranched alkanes of at least 4 members (excludes halogenated alkanes) is 1. The number of amides is 1. The maximum absolute atomic E-state index is 12.6. The monoisotopic (exact) mass is 284 g/mol. The number of thioether (sulfide) groups is 1. The molecule has 2 aliphatic rings. The molecular formula is C15H28N2OS. The molecule has 0 bridgehead atoms. The zero-order valence-corrected chi connectivity index (χ0v) is 13.3. The van der Waals surface area contributed by atoms with Crippen LogP contribution in [0.4, 0.5) is 0 Å². The van der Waals surface area contributed by atoms with E-state index in [4.69, 9.17) is 0 Å². The standard InChI is InChI=1S/C15H28N2OS/c1-4-5-9-14-15(18)17(11(2)16-14)12-7-6-8-13(10-12)19-3/h11-14,16H,4-10H2,1-3H3. The van der Waals surface area contributed by atoms with E-state index in [1.807, 2.05) is 11.8 Å². The lowest BCUT2D eigenvalue weighted by atomic mass is 9.93. The minimum Gasteiger partial charge on any atom is -0.323 e. The smallest absolute Gasteiger partial charge is 0.241 e. The van der Waals surface area contributed by atoms with Crippen LogP contribution >= 0.6 is 11.8 Å². The van der Waals surface area contributed by atoms with Crippen molar-refractivity contribution in [2.45, 2.75) is 82.3 Å². The highest BCUT2D eigenvalue weighted by molar-refractivity contribution is 7.99. The molecule has 1 saturated carbocycles. The average Bonchev–Trinajstić information content (AvgIpc) is 2.71. The Hall–Kier alpha value is -0.220. The van der Waals surface area contributed by atoms with Crippen molar-refractivity contribution in [3.05, 3.63) is 0 Å². The van der Waals surface area contributed by atoms with Crippen LogP contribution in [0.3, 0.4) is 0 Å². The molecular weight excluding hydrogens is 256 g/mol. The van der Waals surface area contributed by atoms with Crippen LogP contribution in [0.15, 0.2) is 0 Å². The van der Waals surface area contributed by atoms with Gasteiger partial charge in [0.25, 0.3) is 0 Å². The zero-order valence-electron chi connectivity index (χ0n) is 12.5. The van der Waals surface area contributed by atoms with Crippen LogP contribution in [0, 0.1) is 0 Å². The molecule has 4 unspecified atom stereocenters. The Labute approximate surface area is 121 Å². The van der Waals surface area contributed by atoms with Crippen LogP contribution in [-0.4, -0.2) is 40.6 Å². The summed E-state index contributed by atoms with van der Waals surface area (Å²) in [6, 6.07) is 0.539. The van der Waals surface area contributed by atoms with Crippen LogP contribution in [-0.2, 0) is 4.79 Å². The van der Waals surface area contributed by atoms with Gasteiger partial charge in [-0.2, -0.15) is 11.8 Å². The molecule has 1 saturated heterocycles. The topological polar surface area (TPSA) is 32.3 Å². The highest BCUT2D eigenvalue weighted by Crippen LogP contribution is 2.32. The van der Waals surface area contributed by atoms with Crippen molar-refractivity contribution < 1.29 is 4.79 Å². The molecule has 0 radical (unpaired) electrons. The minimum absolute atomic E-state index is 0.0737. The lowest BCUT2D eigenvalue weighted by Gasteiger charge is -2.36. The van der Waals surface area contributed by atoms with Gasteiger partial charge >= 0.3 is 0 Å². The average molecular weight is 284 g/mol. The lowest BCUT2D eigenvalue weighted by Crippen LogP contribution is -2.45. The maximum atomic E-state index is 12.6. The first-order valence-corrected chi connectivity index (χ1v) is 9.07. The summed E-state index contributed by atoms with van der Waals surface area (Å²) < 4.78 is 0. The Morgan fingerprint density at radius 3 is 2.89 bits per heavy atom. The molecule has 0 aromatic rings. The quantitative estimate of drug-likeness (QED) is 0.842. The van der Waals surface area contributed by atoms with E-state index in [0.29, 0.717) is 11.9 Å². The predicted molar refractivity (Wildman–Crippen MR) is 82.3 cm³/mol. The third-order valence-electron chi connectivity index (χ3n) is 4.58. The van der Waals surface area contributed by atoms with Crippen molar-refractivity contribution in [3.8, 4) is 0 Å². The normalized spacial score (nSPS) is 35.9. The first-order valence-electron chi connectivity index (χ1n) is 7.78. The number of hydrogen-bond acceptors (Lipinski definition) is 3. The van der Waals surface area contributed by atoms with E-state index in [9.17, 15) is 4.79 Å². The highest BCUT2D eigenvalue weighted by atomic mass is 32.2. The summed E-state index contributed by atoms with van der Waals surface area (Å²) in [5.41, 5.74) is 0. The molecule has 1 N–H and O–H groups in total. The van der Waals surface area contributed by atoms with E-state index < -0.39 is 0 Å². The minimum atomic E-state index is 0.0737. The van der Waals surface area contributed by atoms with Gasteiger partial charge in [0, 0.05) is 11.3 Å². The van der Waals surface area contributed by atoms with Gasteiger partial charge < -0.3 is 4.90 Å². The third kappa shape index (κ3) is 3.46. The summed E-state index contributed by atoms with van der Waals surface area (Å²) in [6.07, 6.45) is 10.7. The summed E-state index contributed by atoms with van der Waals surface area (Å²) in [7, 11) is 0. The largest absolute Gasteiger partial charge is 0.323 e. The Kier molecular flexibility index (Phi) is 5.58. The second kappa shape index (κ2) is 6.98. The van der Waals surface area contributed by atoms with Gasteiger partial charge in [0.15, 0.2) is 0 Å². The van der Waals surface area contributed by atoms with E-state index in [1.54, 1.807) is 0 Å². The number of nitrogens with one attached hydrogen (secondary N) is 1. The van der Waals surface area contributed by atoms with Gasteiger partial charge in [0.1, 0.15) is 0 Å². The second-order valence-electron chi connectivity index (χ2n) is 5.96. The van der Waals surface area contributed by atoms with E-state index >= 15 is 0 Å². The van der Waals surface area contributed by atoms with Gasteiger partial charge in [-0.15, -0.1) is 0 Å². The Morgan fingerprint density at radius 2 is 2.21 bits per heavy atom. The van der Waals surface area contributed by atoms with Crippen LogP contribution in [0.2, 0.25) is 0 Å². The molecule has 110 valence electrons. The molecule has 2 rings (SSSR count). The molecule has 4 heteroatoms. The zero-order chi connectivity index (χ0) is 13.8. The van der Waals surface area contributed by atoms with Crippen molar-refractivity contribution in [1.82, 2.24) is 10.2 Å². The summed E-state index contributed by atoms with van der Waals surface area (Å²) >= 11 is 1.97. The molecule has 1 aliphatic carbocycles. The molecule has 1 heterocycles. The molecule has 0 aromatic heterocycles. The highest BCUT2D eigenvalue weighted by Gasteiger charge is 2.41. The summed E-state index contributed by atoms with van der Waals surface area (Å²) in [5, 5.41) is 4.23. The maximum Gasteiger partial charge on any atom is 0.241 e. The van der Waals surface area contributed by atoms with Crippen molar-refractivity contribution in [2.75, 3.05) is 6.26 Å². The van der Waals surface area contributed by atoms with Crippen molar-refractivity contribution in [3.63, 3.8) is 0 Å². The second-order valence-corrected chi connectivity index (χ2v) is 7.10. The Morgan fingerprint density at radius 1 is 1.42 bits per heavy atom. The van der Waals surface area contributed by atoms with Crippen molar-refractivity contribution in [1.29, 1.82) is 0 Å². The van der Waals surface area contributed by atoms with Gasteiger partial charge in [-0.3, -0.25) is 10.1 Å². The first kappa shape index (κ1) is 15.2. The molecule has 19 heavy (non-hydrogen) atoms. The lowest BCUT2D eigenvalue weighted by molar-refractivity contribution is -0.132. The van der Waals surface area contributed by atoms with Crippen molar-refractivity contribution >= 4 is 17.7 Å². The van der Waals surface area contributed by atoms with E-state index in [1.165, 1.54) is 25.7 Å². The van der Waals surface area contributed by atoms with Gasteiger partial charge in [-0.05, 0) is 38.9 Å². The van der Waals surface area contributed by atoms with E-state index in [2.05, 4.69) is 30.3 Å². The fourth-order valence-corrected chi connectivity index (χ4v) is 4.33. The number of rotatable bonds is 5. The van der Waals surface area contributed by atoms with Gasteiger partial charge in [0.2, 0.25) is 5.91 Å². The SMILES string of the molecule is CCCCC1NC(C)N(C2CCCC(SC)C2)C1=O. The van der Waals surface area contributed by atoms with Crippen molar-refractivity contribution in [2.24, 2.45) is 0 Å². The van der Waals surface area contributed by atoms with Crippen LogP contribution < -0.4 is 5.32 Å². The number of nitrogens with zero attached hydrogens (tertiary/aromatic N) is 1. The fourth-order valence-electron chi connectivity index (χ4n) is 3.51. The molecule has 4 atom stereocenters. The Bertz CT molecular complexity index is 311. The molecule has 1 aliphatic heterocycles. The van der Waals surface area contributed by atoms with Crippen LogP contribution in [0.1, 0.15) is 58.8 Å². The summed E-state index contributed by atoms with van der Waals surface area (Å²) in [4.78, 5) is 14.7. The van der Waals surface area contributed by atoms with E-state index in [0.717, 1.165) is 24.5 Å². The molecule has 2 fully saturated rings. The number of hydrogen-bond donors (Lipinski definition) is 1. The van der Waals surface area contributed by atoms with E-state index in [-0.39, 0.29) is 12.2 Å². The van der Waals surface area contributed by atoms with Crippen LogP contribution in [0.5, 0.6) is 0 Å². The van der Waals surface area contributed by atoms with Crippen LogP contribution in [0.25, 0.3) is 0 Å². The predicted octanol–water partition coefficient (Wildman–Crippen LogP) is 3.00. The molecule has 0 aromatic carbocycles. The van der Waals surface area contributed by atoms with Gasteiger partial charge in [-0.25, -0.2) is 0 Å². The number of carbonyl (C=O) groups excluding carboxylic acids is 1. The molecule has 3 nitrogen and oxygen atoms in total. The summed E-state index contributed by atoms with van der Waals surface area (Å²) in [6.45, 7) is 4.33. The fraction of sp³-hybridized carbons (Fsp3) is 0.933. The third-order valence-corrected chi connectivity index (χ3v) is 5.68. The van der Waals surface area contributed by atoms with Gasteiger partial charge in [0.05, 0.1) is 12.2 Å². The molecule has 1 amide bonds. The number of carbonyl (C=O) groups is 1. The van der Waals surface area contributed by atoms with Gasteiger partial charge in [-0.1, -0.05) is 26.2 Å².